The van der Waals surface area contributed by atoms with Crippen LogP contribution in [-0.4, -0.2) is 5.91 Å². The number of carbonyl (C=O) groups is 1. The minimum Gasteiger partial charge on any atom is -0.487 e. The molecule has 3 aromatic rings. The number of nitrogens with zero attached hydrogens (tertiary/aromatic N) is 1. The van der Waals surface area contributed by atoms with E-state index in [-0.39, 0.29) is 5.57 Å². The van der Waals surface area contributed by atoms with Gasteiger partial charge < -0.3 is 10.1 Å². The fourth-order valence-electron chi connectivity index (χ4n) is 2.60. The molecule has 0 fully saturated rings. The van der Waals surface area contributed by atoms with Crippen molar-refractivity contribution in [1.82, 2.24) is 0 Å². The second-order valence-electron chi connectivity index (χ2n) is 6.33. The molecule has 3 aromatic carbocycles. The fourth-order valence-corrected chi connectivity index (χ4v) is 4.82. The van der Waals surface area contributed by atoms with Gasteiger partial charge in [0.1, 0.15) is 24.0 Å². The minimum atomic E-state index is -0.530. The number of nitrogens with one attached hydrogen (secondary N) is 1. The van der Waals surface area contributed by atoms with Gasteiger partial charge in [0.05, 0.1) is 18.8 Å². The Morgan fingerprint density at radius 1 is 1.16 bits per heavy atom. The molecule has 1 amide bonds. The van der Waals surface area contributed by atoms with E-state index in [0.29, 0.717) is 28.6 Å². The van der Waals surface area contributed by atoms with E-state index in [2.05, 4.69) is 59.8 Å². The zero-order chi connectivity index (χ0) is 22.4. The molecule has 0 radical (unpaired) electrons. The van der Waals surface area contributed by atoms with Crippen LogP contribution in [0.3, 0.4) is 0 Å². The first kappa shape index (κ1) is 23.8. The van der Waals surface area contributed by atoms with Crippen LogP contribution < -0.4 is 10.1 Å². The predicted molar refractivity (Wildman–Crippen MR) is 139 cm³/mol. The van der Waals surface area contributed by atoms with E-state index in [1.165, 1.54) is 6.08 Å². The summed E-state index contributed by atoms with van der Waals surface area (Å²) in [4.78, 5) is 12.5. The highest BCUT2D eigenvalue weighted by Crippen LogP contribution is 2.33. The Morgan fingerprint density at radius 3 is 2.52 bits per heavy atom. The number of benzene rings is 3. The van der Waals surface area contributed by atoms with Gasteiger partial charge in [-0.3, -0.25) is 4.79 Å². The molecule has 0 atom stereocenters. The molecule has 8 heteroatoms. The van der Waals surface area contributed by atoms with E-state index in [1.54, 1.807) is 30.3 Å². The molecule has 0 aliphatic carbocycles. The molecule has 0 bridgehead atoms. The van der Waals surface area contributed by atoms with Gasteiger partial charge in [-0.2, -0.15) is 5.26 Å². The third-order valence-electron chi connectivity index (χ3n) is 4.12. The molecule has 0 heterocycles. The van der Waals surface area contributed by atoms with Gasteiger partial charge in [0.25, 0.3) is 5.91 Å². The Bertz CT molecular complexity index is 1170. The number of rotatable bonds is 6. The Balaban J connectivity index is 1.78. The van der Waals surface area contributed by atoms with Gasteiger partial charge in [-0.1, -0.05) is 51.8 Å². The van der Waals surface area contributed by atoms with Crippen LogP contribution in [0.2, 0.25) is 5.02 Å². The molecule has 156 valence electrons. The lowest BCUT2D eigenvalue weighted by molar-refractivity contribution is -0.112. The number of ether oxygens (including phenoxy) is 1. The largest absolute Gasteiger partial charge is 0.487 e. The van der Waals surface area contributed by atoms with E-state index in [0.717, 1.165) is 18.1 Å². The summed E-state index contributed by atoms with van der Waals surface area (Å²) in [7, 11) is 0. The van der Waals surface area contributed by atoms with Crippen molar-refractivity contribution in [2.45, 2.75) is 6.61 Å². The lowest BCUT2D eigenvalue weighted by Crippen LogP contribution is -2.13. The van der Waals surface area contributed by atoms with Crippen molar-refractivity contribution in [2.24, 2.45) is 0 Å². The summed E-state index contributed by atoms with van der Waals surface area (Å²) in [5.74, 6) is 0.164. The van der Waals surface area contributed by atoms with E-state index in [1.807, 2.05) is 36.4 Å². The van der Waals surface area contributed by atoms with Gasteiger partial charge in [-0.25, -0.2) is 0 Å². The summed E-state index contributed by atoms with van der Waals surface area (Å²) in [6.07, 6.45) is 1.53. The maximum atomic E-state index is 12.5. The summed E-state index contributed by atoms with van der Waals surface area (Å²) in [6, 6.07) is 20.4. The SMILES string of the molecule is N#C/C(=C\c1cc(Br)c(OCc2ccc(Br)cc2)c(I)c1)C(=O)Nc1ccccc1Cl. The lowest BCUT2D eigenvalue weighted by Gasteiger charge is -2.12. The maximum absolute atomic E-state index is 12.5. The molecule has 0 unspecified atom stereocenters. The first-order valence-corrected chi connectivity index (χ1v) is 12.0. The average molecular weight is 673 g/mol. The first-order chi connectivity index (χ1) is 14.9. The standard InChI is InChI=1S/C23H14Br2ClIN2O2/c24-17-7-5-14(6-8-17)13-31-22-18(25)10-15(11-20(22)27)9-16(12-28)23(30)29-21-4-2-1-3-19(21)26/h1-11H,13H2,(H,29,30)/b16-9+. The Morgan fingerprint density at radius 2 is 1.87 bits per heavy atom. The predicted octanol–water partition coefficient (Wildman–Crippen LogP) is 7.59. The van der Waals surface area contributed by atoms with Crippen molar-refractivity contribution in [1.29, 1.82) is 5.26 Å². The van der Waals surface area contributed by atoms with Gasteiger partial charge in [0, 0.05) is 4.47 Å². The fraction of sp³-hybridized carbons (Fsp3) is 0.0435. The monoisotopic (exact) mass is 670 g/mol. The Labute approximate surface area is 215 Å². The number of hydrogen-bond donors (Lipinski definition) is 1. The molecule has 0 aliphatic rings. The van der Waals surface area contributed by atoms with Crippen molar-refractivity contribution < 1.29 is 9.53 Å². The van der Waals surface area contributed by atoms with E-state index in [9.17, 15) is 10.1 Å². The van der Waals surface area contributed by atoms with Gasteiger partial charge >= 0.3 is 0 Å². The molecule has 3 rings (SSSR count). The summed E-state index contributed by atoms with van der Waals surface area (Å²) in [6.45, 7) is 0.417. The molecule has 0 saturated carbocycles. The van der Waals surface area contributed by atoms with Crippen molar-refractivity contribution >= 4 is 83.7 Å². The summed E-state index contributed by atoms with van der Waals surface area (Å²) in [5.41, 5.74) is 2.14. The number of amides is 1. The smallest absolute Gasteiger partial charge is 0.266 e. The van der Waals surface area contributed by atoms with Crippen molar-refractivity contribution in [3.8, 4) is 11.8 Å². The molecule has 31 heavy (non-hydrogen) atoms. The molecular formula is C23H14Br2ClIN2O2. The minimum absolute atomic E-state index is 0.0360. The van der Waals surface area contributed by atoms with Gasteiger partial charge in [0.2, 0.25) is 0 Å². The third kappa shape index (κ3) is 6.56. The van der Waals surface area contributed by atoms with Crippen LogP contribution in [-0.2, 0) is 11.4 Å². The molecule has 0 aliphatic heterocycles. The average Bonchev–Trinajstić information content (AvgIpc) is 2.74. The lowest BCUT2D eigenvalue weighted by atomic mass is 10.1. The van der Waals surface area contributed by atoms with Crippen molar-refractivity contribution in [3.05, 3.63) is 94.9 Å². The Hall–Kier alpha value is -1.86. The number of hydrogen-bond acceptors (Lipinski definition) is 3. The highest BCUT2D eigenvalue weighted by Gasteiger charge is 2.13. The maximum Gasteiger partial charge on any atom is 0.266 e. The van der Waals surface area contributed by atoms with Crippen LogP contribution in [0, 0.1) is 14.9 Å². The number of halogens is 4. The first-order valence-electron chi connectivity index (χ1n) is 8.91. The normalized spacial score (nSPS) is 11.0. The topological polar surface area (TPSA) is 62.1 Å². The van der Waals surface area contributed by atoms with Crippen molar-refractivity contribution in [2.75, 3.05) is 5.32 Å². The Kier molecular flexibility index (Phi) is 8.55. The second kappa shape index (κ2) is 11.1. The van der Waals surface area contributed by atoms with Crippen LogP contribution in [0.4, 0.5) is 5.69 Å². The highest BCUT2D eigenvalue weighted by molar-refractivity contribution is 14.1. The quantitative estimate of drug-likeness (QED) is 0.167. The second-order valence-corrected chi connectivity index (χ2v) is 9.67. The molecule has 4 nitrogen and oxygen atoms in total. The van der Waals surface area contributed by atoms with Gasteiger partial charge in [-0.15, -0.1) is 0 Å². The molecule has 0 aromatic heterocycles. The number of nitriles is 1. The van der Waals surface area contributed by atoms with Crippen LogP contribution in [0.1, 0.15) is 11.1 Å². The molecule has 0 spiro atoms. The molecular weight excluding hydrogens is 658 g/mol. The van der Waals surface area contributed by atoms with Gasteiger partial charge in [-0.05, 0) is 92.1 Å². The van der Waals surface area contributed by atoms with Crippen LogP contribution >= 0.6 is 66.1 Å². The summed E-state index contributed by atoms with van der Waals surface area (Å²) in [5, 5.41) is 12.5. The van der Waals surface area contributed by atoms with E-state index in [4.69, 9.17) is 16.3 Å². The number of carbonyl (C=O) groups excluding carboxylic acids is 1. The van der Waals surface area contributed by atoms with Crippen molar-refractivity contribution in [3.63, 3.8) is 0 Å². The number of anilines is 1. The summed E-state index contributed by atoms with van der Waals surface area (Å²) < 4.78 is 8.55. The third-order valence-corrected chi connectivity index (χ3v) is 6.36. The van der Waals surface area contributed by atoms with Gasteiger partial charge in [0.15, 0.2) is 0 Å². The van der Waals surface area contributed by atoms with E-state index >= 15 is 0 Å². The van der Waals surface area contributed by atoms with E-state index < -0.39 is 5.91 Å². The number of para-hydroxylation sites is 1. The van der Waals surface area contributed by atoms with Crippen LogP contribution in [0.15, 0.2) is 75.2 Å². The zero-order valence-corrected chi connectivity index (χ0v) is 21.9. The molecule has 1 N–H and O–H groups in total. The van der Waals surface area contributed by atoms with Crippen LogP contribution in [0.5, 0.6) is 5.75 Å². The summed E-state index contributed by atoms with van der Waals surface area (Å²) >= 11 is 15.2. The van der Waals surface area contributed by atoms with Crippen LogP contribution in [0.25, 0.3) is 6.08 Å². The highest BCUT2D eigenvalue weighted by atomic mass is 127. The molecule has 0 saturated heterocycles. The zero-order valence-electron chi connectivity index (χ0n) is 15.8.